The first-order valence-electron chi connectivity index (χ1n) is 5.53. The van der Waals surface area contributed by atoms with Crippen LogP contribution in [0.25, 0.3) is 0 Å². The Balaban J connectivity index is 2.23. The van der Waals surface area contributed by atoms with Gasteiger partial charge in [0.05, 0.1) is 28.0 Å². The predicted octanol–water partition coefficient (Wildman–Crippen LogP) is 0.551. The van der Waals surface area contributed by atoms with Crippen LogP contribution >= 0.6 is 0 Å². The Labute approximate surface area is 116 Å². The van der Waals surface area contributed by atoms with Gasteiger partial charge in [-0.15, -0.1) is 0 Å². The van der Waals surface area contributed by atoms with Crippen LogP contribution in [0, 0.1) is 20.2 Å². The van der Waals surface area contributed by atoms with Gasteiger partial charge >= 0.3 is 0 Å². The summed E-state index contributed by atoms with van der Waals surface area (Å²) >= 11 is 0. The highest BCUT2D eigenvalue weighted by Crippen LogP contribution is 2.22. The summed E-state index contributed by atoms with van der Waals surface area (Å²) in [4.78, 5) is 35.5. The van der Waals surface area contributed by atoms with Gasteiger partial charge in [-0.1, -0.05) is 0 Å². The first kappa shape index (κ1) is 14.0. The van der Waals surface area contributed by atoms with Crippen molar-refractivity contribution in [1.29, 1.82) is 0 Å². The van der Waals surface area contributed by atoms with E-state index in [1.165, 1.54) is 6.33 Å². The van der Waals surface area contributed by atoms with Gasteiger partial charge in [0.1, 0.15) is 12.2 Å². The molecule has 1 heterocycles. The second-order valence-corrected chi connectivity index (χ2v) is 3.87. The summed E-state index contributed by atoms with van der Waals surface area (Å²) in [5.74, 6) is -0.318. The van der Waals surface area contributed by atoms with Gasteiger partial charge in [0.2, 0.25) is 0 Å². The largest absolute Gasteiger partial charge is 0.345 e. The van der Waals surface area contributed by atoms with E-state index in [4.69, 9.17) is 0 Å². The van der Waals surface area contributed by atoms with Gasteiger partial charge in [-0.25, -0.2) is 4.98 Å². The van der Waals surface area contributed by atoms with E-state index in [2.05, 4.69) is 20.5 Å². The molecular formula is C10H8N6O5. The number of non-ortho nitro benzene ring substituents is 2. The fourth-order valence-electron chi connectivity index (χ4n) is 1.52. The molecule has 0 atom stereocenters. The summed E-state index contributed by atoms with van der Waals surface area (Å²) in [5.41, 5.74) is -1.25. The van der Waals surface area contributed by atoms with Crippen LogP contribution in [0.15, 0.2) is 24.5 Å². The molecule has 11 nitrogen and oxygen atoms in total. The molecule has 1 aromatic heterocycles. The van der Waals surface area contributed by atoms with Gasteiger partial charge in [0.25, 0.3) is 17.3 Å². The molecule has 1 aromatic carbocycles. The van der Waals surface area contributed by atoms with Crippen LogP contribution in [0.2, 0.25) is 0 Å². The molecule has 0 saturated heterocycles. The molecule has 0 aliphatic rings. The second-order valence-electron chi connectivity index (χ2n) is 3.87. The third kappa shape index (κ3) is 3.34. The Morgan fingerprint density at radius 1 is 1.19 bits per heavy atom. The smallest absolute Gasteiger partial charge is 0.277 e. The lowest BCUT2D eigenvalue weighted by molar-refractivity contribution is -0.394. The average Bonchev–Trinajstić information content (AvgIpc) is 2.97. The Morgan fingerprint density at radius 2 is 1.81 bits per heavy atom. The third-order valence-corrected chi connectivity index (χ3v) is 2.47. The first-order valence-corrected chi connectivity index (χ1v) is 5.53. The number of carbonyl (C=O) groups is 1. The summed E-state index contributed by atoms with van der Waals surface area (Å²) in [6, 6.07) is 2.71. The molecule has 0 saturated carbocycles. The highest BCUT2D eigenvalue weighted by molar-refractivity contribution is 5.95. The minimum Gasteiger partial charge on any atom is -0.345 e. The molecule has 0 fully saturated rings. The second kappa shape index (κ2) is 5.73. The van der Waals surface area contributed by atoms with Crippen LogP contribution in [0.4, 0.5) is 11.4 Å². The zero-order valence-corrected chi connectivity index (χ0v) is 10.3. The minimum atomic E-state index is -0.805. The van der Waals surface area contributed by atoms with Gasteiger partial charge in [0.15, 0.2) is 0 Å². The molecule has 2 N–H and O–H groups in total. The van der Waals surface area contributed by atoms with Crippen LogP contribution in [-0.4, -0.2) is 30.9 Å². The molecule has 0 unspecified atom stereocenters. The van der Waals surface area contributed by atoms with Gasteiger partial charge < -0.3 is 5.32 Å². The van der Waals surface area contributed by atoms with Crippen LogP contribution in [-0.2, 0) is 6.54 Å². The normalized spacial score (nSPS) is 10.1. The van der Waals surface area contributed by atoms with Crippen molar-refractivity contribution in [3.05, 3.63) is 56.1 Å². The topological polar surface area (TPSA) is 157 Å². The van der Waals surface area contributed by atoms with Crippen molar-refractivity contribution in [2.24, 2.45) is 0 Å². The van der Waals surface area contributed by atoms with Crippen molar-refractivity contribution in [2.45, 2.75) is 6.54 Å². The van der Waals surface area contributed by atoms with Crippen LogP contribution in [0.5, 0.6) is 0 Å². The van der Waals surface area contributed by atoms with Crippen molar-refractivity contribution < 1.29 is 14.6 Å². The zero-order valence-electron chi connectivity index (χ0n) is 10.3. The SMILES string of the molecule is O=C(NCc1ncn[nH]1)c1cc([N+](=O)[O-])cc([N+](=O)[O-])c1. The number of aromatic nitrogens is 3. The molecule has 108 valence electrons. The van der Waals surface area contributed by atoms with E-state index in [0.717, 1.165) is 18.2 Å². The van der Waals surface area contributed by atoms with Crippen LogP contribution in [0.1, 0.15) is 16.2 Å². The molecule has 11 heteroatoms. The molecular weight excluding hydrogens is 284 g/mol. The number of amides is 1. The summed E-state index contributed by atoms with van der Waals surface area (Å²) in [5, 5.41) is 30.0. The van der Waals surface area contributed by atoms with Crippen molar-refractivity contribution >= 4 is 17.3 Å². The molecule has 0 spiro atoms. The number of aromatic amines is 1. The number of nitro groups is 2. The molecule has 0 aliphatic heterocycles. The van der Waals surface area contributed by atoms with E-state index in [1.54, 1.807) is 0 Å². The summed E-state index contributed by atoms with van der Waals surface area (Å²) in [6.07, 6.45) is 1.25. The lowest BCUT2D eigenvalue weighted by Gasteiger charge is -2.03. The summed E-state index contributed by atoms with van der Waals surface area (Å²) < 4.78 is 0. The van der Waals surface area contributed by atoms with Gasteiger partial charge in [-0.05, 0) is 0 Å². The van der Waals surface area contributed by atoms with Crippen molar-refractivity contribution in [3.8, 4) is 0 Å². The minimum absolute atomic E-state index is 0.00925. The monoisotopic (exact) mass is 292 g/mol. The van der Waals surface area contributed by atoms with Crippen LogP contribution < -0.4 is 5.32 Å². The summed E-state index contributed by atoms with van der Waals surface area (Å²) in [6.45, 7) is 0.00925. The molecule has 2 rings (SSSR count). The third-order valence-electron chi connectivity index (χ3n) is 2.47. The highest BCUT2D eigenvalue weighted by atomic mass is 16.6. The Hall–Kier alpha value is -3.37. The fourth-order valence-corrected chi connectivity index (χ4v) is 1.52. The van der Waals surface area contributed by atoms with E-state index >= 15 is 0 Å². The maximum atomic E-state index is 11.9. The van der Waals surface area contributed by atoms with Gasteiger partial charge in [-0.3, -0.25) is 30.1 Å². The standard InChI is InChI=1S/C10H8N6O5/c17-10(11-4-9-12-5-13-14-9)6-1-7(15(18)19)3-8(2-6)16(20)21/h1-3,5H,4H2,(H,11,17)(H,12,13,14). The maximum absolute atomic E-state index is 11.9. The first-order chi connectivity index (χ1) is 9.97. The Bertz CT molecular complexity index is 666. The fraction of sp³-hybridized carbons (Fsp3) is 0.100. The van der Waals surface area contributed by atoms with E-state index in [9.17, 15) is 25.0 Å². The highest BCUT2D eigenvalue weighted by Gasteiger charge is 2.19. The van der Waals surface area contributed by atoms with Crippen molar-refractivity contribution in [1.82, 2.24) is 20.5 Å². The number of nitrogens with zero attached hydrogens (tertiary/aromatic N) is 4. The number of H-pyrrole nitrogens is 1. The number of benzene rings is 1. The average molecular weight is 292 g/mol. The number of nitrogens with one attached hydrogen (secondary N) is 2. The summed E-state index contributed by atoms with van der Waals surface area (Å²) in [7, 11) is 0. The van der Waals surface area contributed by atoms with E-state index < -0.39 is 27.1 Å². The number of hydrogen-bond donors (Lipinski definition) is 2. The lowest BCUT2D eigenvalue weighted by atomic mass is 10.1. The number of rotatable bonds is 5. The van der Waals surface area contributed by atoms with E-state index in [-0.39, 0.29) is 12.1 Å². The number of nitro benzene ring substituents is 2. The Kier molecular flexibility index (Phi) is 3.83. The quantitative estimate of drug-likeness (QED) is 0.601. The van der Waals surface area contributed by atoms with Gasteiger partial charge in [0, 0.05) is 12.1 Å². The molecule has 1 amide bonds. The molecule has 21 heavy (non-hydrogen) atoms. The zero-order chi connectivity index (χ0) is 15.4. The van der Waals surface area contributed by atoms with E-state index in [0.29, 0.717) is 5.82 Å². The number of carbonyl (C=O) groups excluding carboxylic acids is 1. The molecule has 0 bridgehead atoms. The van der Waals surface area contributed by atoms with E-state index in [1.807, 2.05) is 0 Å². The van der Waals surface area contributed by atoms with Crippen molar-refractivity contribution in [2.75, 3.05) is 0 Å². The maximum Gasteiger partial charge on any atom is 0.277 e. The molecule has 2 aromatic rings. The lowest BCUT2D eigenvalue weighted by Crippen LogP contribution is -2.23. The number of hydrogen-bond acceptors (Lipinski definition) is 7. The van der Waals surface area contributed by atoms with Crippen molar-refractivity contribution in [3.63, 3.8) is 0 Å². The van der Waals surface area contributed by atoms with Crippen LogP contribution in [0.3, 0.4) is 0 Å². The Morgan fingerprint density at radius 3 is 2.29 bits per heavy atom. The van der Waals surface area contributed by atoms with Gasteiger partial charge in [-0.2, -0.15) is 5.10 Å². The molecule has 0 radical (unpaired) electrons. The predicted molar refractivity (Wildman–Crippen MR) is 67.3 cm³/mol. The molecule has 0 aliphatic carbocycles.